The molecule has 6 nitrogen and oxygen atoms in total. The summed E-state index contributed by atoms with van der Waals surface area (Å²) in [5.41, 5.74) is 1.00. The molecule has 0 aromatic heterocycles. The Kier molecular flexibility index (Phi) is 5.30. The van der Waals surface area contributed by atoms with E-state index >= 15 is 0 Å². The number of nitrogens with zero attached hydrogens (tertiary/aromatic N) is 2. The van der Waals surface area contributed by atoms with E-state index in [9.17, 15) is 14.0 Å². The summed E-state index contributed by atoms with van der Waals surface area (Å²) < 4.78 is 23.6. The molecule has 27 heavy (non-hydrogen) atoms. The van der Waals surface area contributed by atoms with Crippen molar-refractivity contribution in [2.45, 2.75) is 13.0 Å². The summed E-state index contributed by atoms with van der Waals surface area (Å²) in [6.45, 7) is 2.39. The third-order valence-electron chi connectivity index (χ3n) is 4.66. The van der Waals surface area contributed by atoms with Crippen LogP contribution in [0.1, 0.15) is 17.3 Å². The van der Waals surface area contributed by atoms with Crippen molar-refractivity contribution in [2.24, 2.45) is 0 Å². The normalized spacial score (nSPS) is 17.0. The van der Waals surface area contributed by atoms with Crippen molar-refractivity contribution in [1.82, 2.24) is 4.90 Å². The average Bonchev–Trinajstić information content (AvgIpc) is 2.69. The lowest BCUT2D eigenvalue weighted by Crippen LogP contribution is -2.57. The van der Waals surface area contributed by atoms with Crippen LogP contribution in [-0.4, -0.2) is 50.1 Å². The van der Waals surface area contributed by atoms with Gasteiger partial charge in [0.15, 0.2) is 0 Å². The molecule has 0 N–H and O–H groups in total. The highest BCUT2D eigenvalue weighted by Crippen LogP contribution is 2.30. The summed E-state index contributed by atoms with van der Waals surface area (Å²) in [7, 11) is 3.09. The van der Waals surface area contributed by atoms with Gasteiger partial charge in [-0.3, -0.25) is 9.59 Å². The summed E-state index contributed by atoms with van der Waals surface area (Å²) in [6.07, 6.45) is 0. The average molecular weight is 372 g/mol. The quantitative estimate of drug-likeness (QED) is 0.828. The Labute approximate surface area is 157 Å². The van der Waals surface area contributed by atoms with Crippen LogP contribution in [0.25, 0.3) is 0 Å². The van der Waals surface area contributed by atoms with Crippen molar-refractivity contribution in [2.75, 3.05) is 32.2 Å². The van der Waals surface area contributed by atoms with E-state index in [2.05, 4.69) is 0 Å². The van der Waals surface area contributed by atoms with Crippen LogP contribution in [0.3, 0.4) is 0 Å². The molecule has 0 aliphatic carbocycles. The van der Waals surface area contributed by atoms with Crippen LogP contribution in [0.5, 0.6) is 11.5 Å². The fraction of sp³-hybridized carbons (Fsp3) is 0.300. The molecule has 1 atom stereocenters. The minimum absolute atomic E-state index is 0.202. The zero-order chi connectivity index (χ0) is 19.6. The Morgan fingerprint density at radius 1 is 1.04 bits per heavy atom. The molecular weight excluding hydrogens is 351 g/mol. The van der Waals surface area contributed by atoms with E-state index in [1.54, 1.807) is 44.2 Å². The first-order valence-corrected chi connectivity index (χ1v) is 8.55. The molecule has 142 valence electrons. The van der Waals surface area contributed by atoms with Crippen molar-refractivity contribution < 1.29 is 23.5 Å². The Bertz CT molecular complexity index is 831. The van der Waals surface area contributed by atoms with Gasteiger partial charge in [0.05, 0.1) is 19.9 Å². The van der Waals surface area contributed by atoms with Crippen molar-refractivity contribution in [3.8, 4) is 11.5 Å². The summed E-state index contributed by atoms with van der Waals surface area (Å²) in [6, 6.07) is 9.91. The molecular formula is C20H21FN2O4. The SMILES string of the molecule is COc1cc(OC)cc(N2CCN(C(=O)c3ccc(F)cc3)[C@H](C)C2=O)c1. The van der Waals surface area contributed by atoms with Crippen LogP contribution in [0.2, 0.25) is 0 Å². The molecule has 1 aliphatic heterocycles. The molecule has 0 bridgehead atoms. The predicted molar refractivity (Wildman–Crippen MR) is 98.8 cm³/mol. The number of carbonyl (C=O) groups excluding carboxylic acids is 2. The van der Waals surface area contributed by atoms with Crippen molar-refractivity contribution in [1.29, 1.82) is 0 Å². The van der Waals surface area contributed by atoms with E-state index in [4.69, 9.17) is 9.47 Å². The van der Waals surface area contributed by atoms with E-state index in [1.807, 2.05) is 0 Å². The van der Waals surface area contributed by atoms with Gasteiger partial charge in [-0.05, 0) is 31.2 Å². The molecule has 1 heterocycles. The van der Waals surface area contributed by atoms with Crippen LogP contribution >= 0.6 is 0 Å². The first kappa shape index (κ1) is 18.7. The number of methoxy groups -OCH3 is 2. The van der Waals surface area contributed by atoms with Gasteiger partial charge in [0.1, 0.15) is 23.4 Å². The number of hydrogen-bond acceptors (Lipinski definition) is 4. The second-order valence-corrected chi connectivity index (χ2v) is 6.24. The number of amides is 2. The van der Waals surface area contributed by atoms with Gasteiger partial charge >= 0.3 is 0 Å². The van der Waals surface area contributed by atoms with Gasteiger partial charge in [0.25, 0.3) is 5.91 Å². The molecule has 2 aromatic rings. The minimum Gasteiger partial charge on any atom is -0.497 e. The lowest BCUT2D eigenvalue weighted by molar-refractivity contribution is -0.124. The van der Waals surface area contributed by atoms with Gasteiger partial charge in [0, 0.05) is 36.9 Å². The van der Waals surface area contributed by atoms with Gasteiger partial charge in [-0.2, -0.15) is 0 Å². The first-order valence-electron chi connectivity index (χ1n) is 8.55. The summed E-state index contributed by atoms with van der Waals surface area (Å²) in [5.74, 6) is 0.252. The predicted octanol–water partition coefficient (Wildman–Crippen LogP) is 2.72. The Morgan fingerprint density at radius 2 is 1.63 bits per heavy atom. The maximum absolute atomic E-state index is 13.1. The molecule has 0 unspecified atom stereocenters. The van der Waals surface area contributed by atoms with Crippen LogP contribution in [-0.2, 0) is 4.79 Å². The number of halogens is 1. The van der Waals surface area contributed by atoms with Crippen LogP contribution < -0.4 is 14.4 Å². The molecule has 1 fully saturated rings. The number of benzene rings is 2. The molecule has 0 saturated carbocycles. The van der Waals surface area contributed by atoms with E-state index in [1.165, 1.54) is 29.2 Å². The molecule has 2 amide bonds. The monoisotopic (exact) mass is 372 g/mol. The number of anilines is 1. The number of piperazine rings is 1. The maximum atomic E-state index is 13.1. The number of carbonyl (C=O) groups is 2. The van der Waals surface area contributed by atoms with Gasteiger partial charge in [0.2, 0.25) is 5.91 Å². The zero-order valence-corrected chi connectivity index (χ0v) is 15.4. The number of rotatable bonds is 4. The topological polar surface area (TPSA) is 59.1 Å². The van der Waals surface area contributed by atoms with Crippen molar-refractivity contribution in [3.05, 3.63) is 53.8 Å². The van der Waals surface area contributed by atoms with Crippen LogP contribution in [0.4, 0.5) is 10.1 Å². The third-order valence-corrected chi connectivity index (χ3v) is 4.66. The smallest absolute Gasteiger partial charge is 0.254 e. The van der Waals surface area contributed by atoms with E-state index in [0.717, 1.165) is 0 Å². The molecule has 7 heteroatoms. The second-order valence-electron chi connectivity index (χ2n) is 6.24. The second kappa shape index (κ2) is 7.65. The summed E-state index contributed by atoms with van der Waals surface area (Å²) in [4.78, 5) is 28.7. The van der Waals surface area contributed by atoms with Gasteiger partial charge in [-0.1, -0.05) is 0 Å². The minimum atomic E-state index is -0.645. The Hall–Kier alpha value is -3.09. The van der Waals surface area contributed by atoms with E-state index in [0.29, 0.717) is 35.8 Å². The lowest BCUT2D eigenvalue weighted by atomic mass is 10.1. The maximum Gasteiger partial charge on any atom is 0.254 e. The van der Waals surface area contributed by atoms with Crippen LogP contribution in [0.15, 0.2) is 42.5 Å². The molecule has 3 rings (SSSR count). The molecule has 2 aromatic carbocycles. The number of hydrogen-bond donors (Lipinski definition) is 0. The molecule has 1 saturated heterocycles. The standard InChI is InChI=1S/C20H21FN2O4/c1-13-19(24)23(16-10-17(26-2)12-18(11-16)27-3)9-8-22(13)20(25)14-4-6-15(21)7-5-14/h4-7,10-13H,8-9H2,1-3H3/t13-/m1/s1. The van der Waals surface area contributed by atoms with Crippen molar-refractivity contribution in [3.63, 3.8) is 0 Å². The van der Waals surface area contributed by atoms with Crippen molar-refractivity contribution >= 4 is 17.5 Å². The fourth-order valence-corrected chi connectivity index (χ4v) is 3.11. The fourth-order valence-electron chi connectivity index (χ4n) is 3.11. The van der Waals surface area contributed by atoms with Crippen LogP contribution in [0, 0.1) is 5.82 Å². The van der Waals surface area contributed by atoms with Gasteiger partial charge in [-0.15, -0.1) is 0 Å². The van der Waals surface area contributed by atoms with E-state index in [-0.39, 0.29) is 11.8 Å². The largest absolute Gasteiger partial charge is 0.497 e. The molecule has 0 spiro atoms. The highest BCUT2D eigenvalue weighted by atomic mass is 19.1. The molecule has 1 aliphatic rings. The highest BCUT2D eigenvalue weighted by molar-refractivity contribution is 6.03. The first-order chi connectivity index (χ1) is 12.9. The highest BCUT2D eigenvalue weighted by Gasteiger charge is 2.35. The zero-order valence-electron chi connectivity index (χ0n) is 15.4. The molecule has 0 radical (unpaired) electrons. The third kappa shape index (κ3) is 3.72. The van der Waals surface area contributed by atoms with E-state index < -0.39 is 11.9 Å². The Balaban J connectivity index is 1.82. The lowest BCUT2D eigenvalue weighted by Gasteiger charge is -2.39. The summed E-state index contributed by atoms with van der Waals surface area (Å²) in [5, 5.41) is 0. The number of ether oxygens (including phenoxy) is 2. The van der Waals surface area contributed by atoms with Gasteiger partial charge in [-0.25, -0.2) is 4.39 Å². The Morgan fingerprint density at radius 3 is 2.19 bits per heavy atom. The van der Waals surface area contributed by atoms with Gasteiger partial charge < -0.3 is 19.3 Å². The summed E-state index contributed by atoms with van der Waals surface area (Å²) >= 11 is 0.